The standard InChI is InChI=1S/C57H92O27/c1-22-42(79-34-15-25(61)43(46(73)80-34)81-49-39(69)36(66)30(20-59)77-49)38(68)41(71)48(75-22)76-28-14-26(62)45(72)83-47(28)84-51(74)57-13-12-52(2,3)16-24(57)23-8-9-32-53(4)17-27(63)44(82-50-40(70)37(67)35(65)29(19-58)78-50)54(5,21-60)31(53)10-11-55(32,6)56(23,7)18-33(57)64/h8,22,24-50,58-73H,9-21H2,1-7H3/t22-,24-,25-,26+,27-,28+,29+,30-,31+,32?,33+,34+,35+,36+,37-,38-,39+,40+,41+,42-,43+,44-,45-,46+,47-,48-,49-,50-,53-,54-,55+,56+,57+/m0/s1. The Hall–Kier alpha value is -1.79. The predicted octanol–water partition coefficient (Wildman–Crippen LogP) is -3.66. The summed E-state index contributed by atoms with van der Waals surface area (Å²) in [5, 5.41) is 175. The zero-order valence-corrected chi connectivity index (χ0v) is 48.6. The summed E-state index contributed by atoms with van der Waals surface area (Å²) in [4.78, 5) is 15.4. The Morgan fingerprint density at radius 3 is 1.85 bits per heavy atom. The number of allylic oxidation sites excluding steroid dienone is 2. The van der Waals surface area contributed by atoms with Gasteiger partial charge >= 0.3 is 5.97 Å². The van der Waals surface area contributed by atoms with Gasteiger partial charge < -0.3 is 129 Å². The zero-order valence-electron chi connectivity index (χ0n) is 48.6. The third kappa shape index (κ3) is 10.7. The third-order valence-electron chi connectivity index (χ3n) is 22.4. The fourth-order valence-electron chi connectivity index (χ4n) is 17.5. The molecule has 0 aromatic carbocycles. The first kappa shape index (κ1) is 65.2. The van der Waals surface area contributed by atoms with Crippen molar-refractivity contribution in [1.29, 1.82) is 0 Å². The van der Waals surface area contributed by atoms with E-state index in [9.17, 15) is 81.7 Å². The van der Waals surface area contributed by atoms with Crippen molar-refractivity contribution in [3.8, 4) is 0 Å². The molecule has 4 saturated carbocycles. The number of carbonyl (C=O) groups excluding carboxylic acids is 1. The number of rotatable bonds is 13. The molecule has 5 saturated heterocycles. The van der Waals surface area contributed by atoms with E-state index < -0.39 is 219 Å². The fraction of sp³-hybridized carbons (Fsp3) is 0.947. The predicted molar refractivity (Wildman–Crippen MR) is 280 cm³/mol. The molecule has 0 aromatic heterocycles. The van der Waals surface area contributed by atoms with Crippen molar-refractivity contribution in [2.24, 2.45) is 50.2 Å². The minimum atomic E-state index is -1.89. The lowest BCUT2D eigenvalue weighted by atomic mass is 9.33. The molecule has 0 bridgehead atoms. The van der Waals surface area contributed by atoms with E-state index >= 15 is 4.79 Å². The summed E-state index contributed by atoms with van der Waals surface area (Å²) in [6.07, 6.45) is -33.5. The Kier molecular flexibility index (Phi) is 18.5. The van der Waals surface area contributed by atoms with E-state index in [0.29, 0.717) is 32.1 Å². The van der Waals surface area contributed by atoms with Gasteiger partial charge in [-0.15, -0.1) is 0 Å². The molecule has 10 rings (SSSR count). The van der Waals surface area contributed by atoms with Gasteiger partial charge in [0.15, 0.2) is 37.7 Å². The number of aliphatic hydroxyl groups excluding tert-OH is 16. The Labute approximate surface area is 486 Å². The maximum Gasteiger partial charge on any atom is 0.317 e. The SMILES string of the molecule is C[C@@H]1O[C@@H](O[C@@H]2C[C@@H](O)[C@@H](O)O[C@H]2OC(=O)[C@]23CCC(C)(C)C[C@H]2C2=CCC4[C@@]5(C)C[C@H](O)[C@H](O[C@@H]6O[C@H](CO)[C@@H](O)[C@H](O)[C@H]6O)[C@@](C)(CO)[C@@H]5CC[C@@]4(C)[C@]2(C)C[C@H]3O)[C@H](O)[C@H](O)[C@H]1O[C@H]1C[C@H](O)[C@@H](O[C@@H]2O[C@@H](CO)[C@@H](O)[C@H]2O)[C@H](O)O1. The van der Waals surface area contributed by atoms with Crippen LogP contribution in [0.1, 0.15) is 113 Å². The Balaban J connectivity index is 0.845. The molecule has 33 atom stereocenters. The molecule has 5 aliphatic heterocycles. The van der Waals surface area contributed by atoms with Gasteiger partial charge in [-0.2, -0.15) is 0 Å². The van der Waals surface area contributed by atoms with Crippen LogP contribution in [-0.2, 0) is 52.2 Å². The van der Waals surface area contributed by atoms with Crippen molar-refractivity contribution >= 4 is 5.97 Å². The molecule has 27 heteroatoms. The Morgan fingerprint density at radius 1 is 0.583 bits per heavy atom. The lowest BCUT2D eigenvalue weighted by molar-refractivity contribution is -0.381. The van der Waals surface area contributed by atoms with Crippen LogP contribution >= 0.6 is 0 Å². The maximum absolute atomic E-state index is 15.4. The van der Waals surface area contributed by atoms with Crippen molar-refractivity contribution in [1.82, 2.24) is 0 Å². The van der Waals surface area contributed by atoms with Crippen LogP contribution in [-0.4, -0.2) is 261 Å². The number of ether oxygens (including phenoxy) is 10. The molecule has 10 aliphatic rings. The van der Waals surface area contributed by atoms with E-state index in [2.05, 4.69) is 40.7 Å². The van der Waals surface area contributed by atoms with Crippen molar-refractivity contribution in [2.75, 3.05) is 19.8 Å². The number of carbonyl (C=O) groups is 1. The molecule has 0 radical (unpaired) electrons. The van der Waals surface area contributed by atoms with E-state index in [0.717, 1.165) is 5.57 Å². The van der Waals surface area contributed by atoms with Gasteiger partial charge in [-0.1, -0.05) is 53.2 Å². The largest absolute Gasteiger partial charge is 0.432 e. The zero-order chi connectivity index (χ0) is 61.3. The number of fused-ring (bicyclic) bond motifs is 7. The van der Waals surface area contributed by atoms with Crippen LogP contribution in [0.2, 0.25) is 0 Å². The summed E-state index contributed by atoms with van der Waals surface area (Å²) in [5.41, 5.74) is -3.94. The van der Waals surface area contributed by atoms with Crippen molar-refractivity contribution in [3.05, 3.63) is 11.6 Å². The lowest BCUT2D eigenvalue weighted by Gasteiger charge is -2.72. The summed E-state index contributed by atoms with van der Waals surface area (Å²) in [6, 6.07) is 0. The molecule has 5 aliphatic carbocycles. The van der Waals surface area contributed by atoms with E-state index in [1.165, 1.54) is 6.92 Å². The second kappa shape index (κ2) is 23.8. The summed E-state index contributed by atoms with van der Waals surface area (Å²) < 4.78 is 58.5. The van der Waals surface area contributed by atoms with Crippen LogP contribution in [0, 0.1) is 50.2 Å². The molecule has 482 valence electrons. The normalized spacial score (nSPS) is 55.6. The molecule has 0 amide bonds. The molecule has 9 fully saturated rings. The van der Waals surface area contributed by atoms with Crippen LogP contribution < -0.4 is 0 Å². The Morgan fingerprint density at radius 2 is 1.20 bits per heavy atom. The summed E-state index contributed by atoms with van der Waals surface area (Å²) >= 11 is 0. The van der Waals surface area contributed by atoms with Crippen LogP contribution in [0.5, 0.6) is 0 Å². The highest BCUT2D eigenvalue weighted by Gasteiger charge is 2.73. The molecule has 27 nitrogen and oxygen atoms in total. The lowest BCUT2D eigenvalue weighted by Crippen LogP contribution is -2.70. The molecule has 0 aromatic rings. The van der Waals surface area contributed by atoms with Crippen LogP contribution in [0.25, 0.3) is 0 Å². The molecule has 16 N–H and O–H groups in total. The first-order valence-corrected chi connectivity index (χ1v) is 29.8. The van der Waals surface area contributed by atoms with Gasteiger partial charge in [0.1, 0.15) is 84.8 Å². The van der Waals surface area contributed by atoms with E-state index in [1.54, 1.807) is 0 Å². The number of aliphatic hydroxyl groups is 16. The van der Waals surface area contributed by atoms with E-state index in [1.807, 2.05) is 6.92 Å². The first-order chi connectivity index (χ1) is 39.3. The second-order valence-electron chi connectivity index (χ2n) is 27.8. The van der Waals surface area contributed by atoms with Gasteiger partial charge in [-0.25, -0.2) is 0 Å². The molecule has 0 spiro atoms. The molecule has 84 heavy (non-hydrogen) atoms. The highest BCUT2D eigenvalue weighted by molar-refractivity contribution is 5.80. The van der Waals surface area contributed by atoms with Gasteiger partial charge in [-0.3, -0.25) is 4.79 Å². The average molecular weight is 1210 g/mol. The third-order valence-corrected chi connectivity index (χ3v) is 22.4. The van der Waals surface area contributed by atoms with Gasteiger partial charge in [0.05, 0.1) is 50.3 Å². The van der Waals surface area contributed by atoms with Gasteiger partial charge in [-0.05, 0) is 97.7 Å². The van der Waals surface area contributed by atoms with Crippen molar-refractivity contribution in [2.45, 2.75) is 267 Å². The second-order valence-corrected chi connectivity index (χ2v) is 27.8. The fourth-order valence-corrected chi connectivity index (χ4v) is 17.5. The maximum atomic E-state index is 15.4. The molecule has 1 unspecified atom stereocenters. The summed E-state index contributed by atoms with van der Waals surface area (Å²) in [5.74, 6) is -1.82. The molecular formula is C57H92O27. The van der Waals surface area contributed by atoms with Crippen molar-refractivity contribution in [3.63, 3.8) is 0 Å². The number of hydrogen-bond acceptors (Lipinski definition) is 27. The van der Waals surface area contributed by atoms with Gasteiger partial charge in [0.2, 0.25) is 6.29 Å². The number of hydrogen-bond donors (Lipinski definition) is 16. The van der Waals surface area contributed by atoms with Gasteiger partial charge in [0.25, 0.3) is 0 Å². The first-order valence-electron chi connectivity index (χ1n) is 29.8. The van der Waals surface area contributed by atoms with Crippen LogP contribution in [0.15, 0.2) is 11.6 Å². The quantitative estimate of drug-likeness (QED) is 0.0480. The van der Waals surface area contributed by atoms with Crippen LogP contribution in [0.4, 0.5) is 0 Å². The smallest absolute Gasteiger partial charge is 0.317 e. The molecule has 5 heterocycles. The van der Waals surface area contributed by atoms with Crippen molar-refractivity contribution < 1.29 is 134 Å². The van der Waals surface area contributed by atoms with E-state index in [-0.39, 0.29) is 42.9 Å². The van der Waals surface area contributed by atoms with E-state index in [4.69, 9.17) is 47.4 Å². The topological polar surface area (TPSA) is 433 Å². The minimum Gasteiger partial charge on any atom is -0.432 e. The Bertz CT molecular complexity index is 2340. The average Bonchev–Trinajstić information content (AvgIpc) is 0.755. The molecular weight excluding hydrogens is 1120 g/mol. The van der Waals surface area contributed by atoms with Crippen LogP contribution in [0.3, 0.4) is 0 Å². The van der Waals surface area contributed by atoms with Gasteiger partial charge in [0, 0.05) is 18.3 Å². The minimum absolute atomic E-state index is 0.129. The highest BCUT2D eigenvalue weighted by Crippen LogP contribution is 2.76. The highest BCUT2D eigenvalue weighted by atomic mass is 16.8. The summed E-state index contributed by atoms with van der Waals surface area (Å²) in [6.45, 7) is 12.2. The number of esters is 1. The summed E-state index contributed by atoms with van der Waals surface area (Å²) in [7, 11) is 0. The monoisotopic (exact) mass is 1210 g/mol.